The molecule has 0 aliphatic carbocycles. The van der Waals surface area contributed by atoms with E-state index in [1.54, 1.807) is 0 Å². The van der Waals surface area contributed by atoms with Gasteiger partial charge in [-0.2, -0.15) is 0 Å². The van der Waals surface area contributed by atoms with Crippen LogP contribution in [-0.2, 0) is 5.41 Å². The summed E-state index contributed by atoms with van der Waals surface area (Å²) in [5.74, 6) is 0. The van der Waals surface area contributed by atoms with Crippen LogP contribution in [0.1, 0.15) is 31.9 Å². The number of aryl methyl sites for hydroxylation is 1. The Bertz CT molecular complexity index is 2310. The largest absolute Gasteiger partial charge is 0.455 e. The summed E-state index contributed by atoms with van der Waals surface area (Å²) in [7, 11) is 0. The van der Waals surface area contributed by atoms with E-state index in [1.807, 2.05) is 12.1 Å². The van der Waals surface area contributed by atoms with Gasteiger partial charge in [0.15, 0.2) is 5.58 Å². The van der Waals surface area contributed by atoms with Crippen LogP contribution < -0.4 is 4.90 Å². The van der Waals surface area contributed by atoms with Gasteiger partial charge in [-0.25, -0.2) is 0 Å². The fourth-order valence-corrected chi connectivity index (χ4v) is 6.46. The lowest BCUT2D eigenvalue weighted by molar-refractivity contribution is 0.573. The Morgan fingerprint density at radius 3 is 1.93 bits per heavy atom. The smallest absolute Gasteiger partial charge is 0.159 e. The van der Waals surface area contributed by atoms with Crippen molar-refractivity contribution in [2.24, 2.45) is 0 Å². The molecule has 42 heavy (non-hydrogen) atoms. The van der Waals surface area contributed by atoms with Crippen LogP contribution in [-0.4, -0.2) is 0 Å². The summed E-state index contributed by atoms with van der Waals surface area (Å²) in [6.07, 6.45) is 0. The van der Waals surface area contributed by atoms with Crippen molar-refractivity contribution in [1.29, 1.82) is 0 Å². The zero-order valence-corrected chi connectivity index (χ0v) is 24.2. The number of hydrogen-bond acceptors (Lipinski definition) is 3. The minimum atomic E-state index is -0.0483. The molecular weight excluding hydrogens is 514 g/mol. The predicted molar refractivity (Wildman–Crippen MR) is 177 cm³/mol. The van der Waals surface area contributed by atoms with Gasteiger partial charge < -0.3 is 13.7 Å². The van der Waals surface area contributed by atoms with Crippen molar-refractivity contribution >= 4 is 71.7 Å². The van der Waals surface area contributed by atoms with E-state index in [1.165, 1.54) is 11.1 Å². The molecule has 204 valence electrons. The first-order valence-corrected chi connectivity index (χ1v) is 14.5. The average molecular weight is 546 g/mol. The Hall–Kier alpha value is -5.02. The zero-order valence-electron chi connectivity index (χ0n) is 24.2. The molecule has 0 radical (unpaired) electrons. The number of fused-ring (bicyclic) bond motifs is 8. The average Bonchev–Trinajstić information content (AvgIpc) is 3.56. The summed E-state index contributed by atoms with van der Waals surface area (Å²) < 4.78 is 13.3. The van der Waals surface area contributed by atoms with Crippen molar-refractivity contribution in [3.05, 3.63) is 126 Å². The highest BCUT2D eigenvalue weighted by Gasteiger charge is 2.25. The van der Waals surface area contributed by atoms with E-state index in [-0.39, 0.29) is 5.41 Å². The minimum Gasteiger partial charge on any atom is -0.455 e. The molecule has 0 spiro atoms. The van der Waals surface area contributed by atoms with Gasteiger partial charge in [0.25, 0.3) is 0 Å². The standard InChI is InChI=1S/C39H31NO2/c1-24-12-9-13-25(22-24)40(33-20-11-18-30-29-17-10-19-32(39(2,3)4)37(29)42-38(30)33)34-23-31-27-15-7-8-21-35(27)41-36(31)28-16-6-5-14-26(28)34/h5-23H,1-4H3. The van der Waals surface area contributed by atoms with Gasteiger partial charge in [0, 0.05) is 43.6 Å². The van der Waals surface area contributed by atoms with Crippen LogP contribution in [0, 0.1) is 6.92 Å². The molecule has 2 aromatic heterocycles. The summed E-state index contributed by atoms with van der Waals surface area (Å²) in [6, 6.07) is 40.8. The Morgan fingerprint density at radius 2 is 1.14 bits per heavy atom. The Labute approximate surface area is 244 Å². The zero-order chi connectivity index (χ0) is 28.6. The Kier molecular flexibility index (Phi) is 5.30. The van der Waals surface area contributed by atoms with Gasteiger partial charge in [-0.3, -0.25) is 0 Å². The monoisotopic (exact) mass is 545 g/mol. The second-order valence-electron chi connectivity index (χ2n) is 12.3. The Balaban J connectivity index is 1.51. The number of hydrogen-bond donors (Lipinski definition) is 0. The van der Waals surface area contributed by atoms with E-state index in [0.29, 0.717) is 0 Å². The van der Waals surface area contributed by atoms with Gasteiger partial charge in [-0.15, -0.1) is 0 Å². The van der Waals surface area contributed by atoms with Crippen molar-refractivity contribution < 1.29 is 8.83 Å². The summed E-state index contributed by atoms with van der Waals surface area (Å²) in [5, 5.41) is 6.68. The highest BCUT2D eigenvalue weighted by atomic mass is 16.3. The van der Waals surface area contributed by atoms with E-state index >= 15 is 0 Å². The van der Waals surface area contributed by atoms with Crippen molar-refractivity contribution in [2.75, 3.05) is 4.90 Å². The van der Waals surface area contributed by atoms with Crippen LogP contribution in [0.2, 0.25) is 0 Å². The van der Waals surface area contributed by atoms with Gasteiger partial charge in [-0.05, 0) is 48.2 Å². The number of rotatable bonds is 3. The van der Waals surface area contributed by atoms with Gasteiger partial charge in [0.2, 0.25) is 0 Å². The molecule has 2 heterocycles. The van der Waals surface area contributed by atoms with Gasteiger partial charge >= 0.3 is 0 Å². The van der Waals surface area contributed by atoms with E-state index < -0.39 is 0 Å². The molecule has 8 rings (SSSR count). The first-order chi connectivity index (χ1) is 20.4. The third kappa shape index (κ3) is 3.66. The second kappa shape index (κ2) is 8.99. The third-order valence-electron chi connectivity index (χ3n) is 8.42. The quantitative estimate of drug-likeness (QED) is 0.221. The minimum absolute atomic E-state index is 0.0483. The summed E-state index contributed by atoms with van der Waals surface area (Å²) in [4.78, 5) is 2.36. The lowest BCUT2D eigenvalue weighted by Gasteiger charge is -2.27. The molecule has 0 unspecified atom stereocenters. The molecule has 0 atom stereocenters. The van der Waals surface area contributed by atoms with Crippen LogP contribution in [0.25, 0.3) is 54.6 Å². The van der Waals surface area contributed by atoms with Crippen LogP contribution in [0.15, 0.2) is 124 Å². The van der Waals surface area contributed by atoms with E-state index in [9.17, 15) is 0 Å². The number of nitrogens with zero attached hydrogens (tertiary/aromatic N) is 1. The maximum Gasteiger partial charge on any atom is 0.159 e. The molecule has 0 saturated heterocycles. The van der Waals surface area contributed by atoms with Crippen molar-refractivity contribution in [3.8, 4) is 0 Å². The van der Waals surface area contributed by atoms with Crippen LogP contribution >= 0.6 is 0 Å². The molecular formula is C39H31NO2. The first kappa shape index (κ1) is 24.8. The molecule has 8 aromatic rings. The van der Waals surface area contributed by atoms with E-state index in [4.69, 9.17) is 8.83 Å². The van der Waals surface area contributed by atoms with Gasteiger partial charge in [0.1, 0.15) is 16.7 Å². The van der Waals surface area contributed by atoms with E-state index in [0.717, 1.165) is 71.7 Å². The molecule has 0 aliphatic heterocycles. The van der Waals surface area contributed by atoms with Crippen LogP contribution in [0.3, 0.4) is 0 Å². The summed E-state index contributed by atoms with van der Waals surface area (Å²) in [6.45, 7) is 8.87. The molecule has 3 nitrogen and oxygen atoms in total. The van der Waals surface area contributed by atoms with Crippen LogP contribution in [0.4, 0.5) is 17.1 Å². The maximum absolute atomic E-state index is 6.89. The normalized spacial score (nSPS) is 12.3. The van der Waals surface area contributed by atoms with Gasteiger partial charge in [-0.1, -0.05) is 106 Å². The van der Waals surface area contributed by atoms with Crippen molar-refractivity contribution in [3.63, 3.8) is 0 Å². The number of benzene rings is 6. The second-order valence-corrected chi connectivity index (χ2v) is 12.3. The van der Waals surface area contributed by atoms with Gasteiger partial charge in [0.05, 0.1) is 11.4 Å². The number of anilines is 3. The number of furan rings is 2. The SMILES string of the molecule is Cc1cccc(N(c2cc3c4ccccc4oc3c3ccccc23)c2cccc3c2oc2c(C(C)(C)C)cccc23)c1. The highest BCUT2D eigenvalue weighted by molar-refractivity contribution is 6.20. The molecule has 0 saturated carbocycles. The van der Waals surface area contributed by atoms with Crippen molar-refractivity contribution in [1.82, 2.24) is 0 Å². The fraction of sp³-hybridized carbons (Fsp3) is 0.128. The van der Waals surface area contributed by atoms with E-state index in [2.05, 4.69) is 136 Å². The lowest BCUT2D eigenvalue weighted by atomic mass is 9.86. The third-order valence-corrected chi connectivity index (χ3v) is 8.42. The molecule has 0 bridgehead atoms. The molecule has 0 fully saturated rings. The maximum atomic E-state index is 6.89. The lowest BCUT2D eigenvalue weighted by Crippen LogP contribution is -2.11. The fourth-order valence-electron chi connectivity index (χ4n) is 6.46. The molecule has 6 aromatic carbocycles. The number of para-hydroxylation sites is 3. The first-order valence-electron chi connectivity index (χ1n) is 14.5. The summed E-state index contributed by atoms with van der Waals surface area (Å²) in [5.41, 5.74) is 9.17. The molecule has 0 N–H and O–H groups in total. The summed E-state index contributed by atoms with van der Waals surface area (Å²) >= 11 is 0. The van der Waals surface area contributed by atoms with Crippen molar-refractivity contribution in [2.45, 2.75) is 33.1 Å². The Morgan fingerprint density at radius 1 is 0.500 bits per heavy atom. The highest BCUT2D eigenvalue weighted by Crippen LogP contribution is 2.48. The predicted octanol–water partition coefficient (Wildman–Crippen LogP) is 11.7. The van der Waals surface area contributed by atoms with Crippen LogP contribution in [0.5, 0.6) is 0 Å². The molecule has 3 heteroatoms. The molecule has 0 aliphatic rings. The molecule has 0 amide bonds. The topological polar surface area (TPSA) is 29.5 Å².